The maximum atomic E-state index is 13.0. The fourth-order valence-electron chi connectivity index (χ4n) is 2.14. The number of nitrogens with zero attached hydrogens (tertiary/aromatic N) is 3. The molecule has 3 aromatic rings. The summed E-state index contributed by atoms with van der Waals surface area (Å²) in [5.74, 6) is -0.505. The van der Waals surface area contributed by atoms with Crippen LogP contribution in [0.1, 0.15) is 21.5 Å². The topological polar surface area (TPSA) is 47.8 Å². The van der Waals surface area contributed by atoms with Gasteiger partial charge in [-0.15, -0.1) is 0 Å². The van der Waals surface area contributed by atoms with Gasteiger partial charge in [0.2, 0.25) is 5.78 Å². The second-order valence-corrected chi connectivity index (χ2v) is 5.12. The highest BCUT2D eigenvalue weighted by atomic mass is 19.1. The van der Waals surface area contributed by atoms with E-state index in [0.29, 0.717) is 16.8 Å². The van der Waals surface area contributed by atoms with Crippen LogP contribution in [-0.2, 0) is 0 Å². The van der Waals surface area contributed by atoms with Crippen LogP contribution in [0.2, 0.25) is 0 Å². The number of aromatic nitrogens is 3. The molecule has 0 aliphatic carbocycles. The monoisotopic (exact) mass is 307 g/mol. The molecule has 0 aliphatic rings. The number of Topliss-reactive ketones (excluding diaryl/α,β-unsaturated/α-hetero) is 1. The number of carbonyl (C=O) groups excluding carboxylic acids is 1. The number of allylic oxidation sites excluding steroid dienone is 1. The van der Waals surface area contributed by atoms with E-state index in [4.69, 9.17) is 0 Å². The standard InChI is InChI=1S/C18H14FN3O/c1-13-2-6-15(7-3-13)18(23)17(22-12-20-11-21-22)10-14-4-8-16(19)9-5-14/h2-12H,1H3. The maximum Gasteiger partial charge on any atom is 0.211 e. The van der Waals surface area contributed by atoms with E-state index in [-0.39, 0.29) is 11.6 Å². The number of ketones is 1. The van der Waals surface area contributed by atoms with Crippen molar-refractivity contribution in [1.82, 2.24) is 14.8 Å². The van der Waals surface area contributed by atoms with Gasteiger partial charge in [-0.05, 0) is 30.7 Å². The Hall–Kier alpha value is -3.08. The van der Waals surface area contributed by atoms with E-state index in [1.165, 1.54) is 29.5 Å². The van der Waals surface area contributed by atoms with Gasteiger partial charge in [-0.2, -0.15) is 5.10 Å². The number of benzene rings is 2. The summed E-state index contributed by atoms with van der Waals surface area (Å²) >= 11 is 0. The molecule has 0 fully saturated rings. The molecule has 3 rings (SSSR count). The summed E-state index contributed by atoms with van der Waals surface area (Å²) in [7, 11) is 0. The summed E-state index contributed by atoms with van der Waals surface area (Å²) in [4.78, 5) is 16.7. The lowest BCUT2D eigenvalue weighted by Crippen LogP contribution is -2.10. The summed E-state index contributed by atoms with van der Waals surface area (Å²) in [5.41, 5.74) is 2.68. The van der Waals surface area contributed by atoms with Gasteiger partial charge in [-0.1, -0.05) is 42.0 Å². The van der Waals surface area contributed by atoms with Gasteiger partial charge in [0.05, 0.1) is 0 Å². The summed E-state index contributed by atoms with van der Waals surface area (Å²) in [6, 6.07) is 13.2. The molecule has 0 spiro atoms. The first-order chi connectivity index (χ1) is 11.1. The first-order valence-electron chi connectivity index (χ1n) is 7.07. The van der Waals surface area contributed by atoms with E-state index in [9.17, 15) is 9.18 Å². The smallest absolute Gasteiger partial charge is 0.211 e. The van der Waals surface area contributed by atoms with Gasteiger partial charge in [0.1, 0.15) is 24.2 Å². The van der Waals surface area contributed by atoms with Crippen LogP contribution in [0.3, 0.4) is 0 Å². The Morgan fingerprint density at radius 1 is 1.09 bits per heavy atom. The highest BCUT2D eigenvalue weighted by Crippen LogP contribution is 2.17. The molecule has 0 unspecified atom stereocenters. The van der Waals surface area contributed by atoms with Gasteiger partial charge in [-0.25, -0.2) is 14.1 Å². The third-order valence-corrected chi connectivity index (χ3v) is 3.39. The lowest BCUT2D eigenvalue weighted by molar-refractivity contribution is 0.105. The summed E-state index contributed by atoms with van der Waals surface area (Å²) in [6.07, 6.45) is 4.48. The first kappa shape index (κ1) is 14.8. The summed E-state index contributed by atoms with van der Waals surface area (Å²) < 4.78 is 14.5. The number of hydrogen-bond acceptors (Lipinski definition) is 3. The first-order valence-corrected chi connectivity index (χ1v) is 7.07. The van der Waals surface area contributed by atoms with Crippen LogP contribution in [-0.4, -0.2) is 20.5 Å². The van der Waals surface area contributed by atoms with Crippen molar-refractivity contribution in [3.05, 3.63) is 83.7 Å². The Labute approximate surface area is 132 Å². The average Bonchev–Trinajstić information content (AvgIpc) is 3.08. The molecule has 0 N–H and O–H groups in total. The van der Waals surface area contributed by atoms with Crippen molar-refractivity contribution in [2.45, 2.75) is 6.92 Å². The Morgan fingerprint density at radius 3 is 2.39 bits per heavy atom. The quantitative estimate of drug-likeness (QED) is 0.546. The number of aryl methyl sites for hydroxylation is 1. The lowest BCUT2D eigenvalue weighted by Gasteiger charge is -2.07. The predicted molar refractivity (Wildman–Crippen MR) is 86.1 cm³/mol. The van der Waals surface area contributed by atoms with Crippen molar-refractivity contribution in [1.29, 1.82) is 0 Å². The molecule has 5 heteroatoms. The fraction of sp³-hybridized carbons (Fsp3) is 0.0556. The molecule has 0 amide bonds. The van der Waals surface area contributed by atoms with Crippen LogP contribution in [0.15, 0.2) is 61.2 Å². The van der Waals surface area contributed by atoms with Crippen LogP contribution in [0.5, 0.6) is 0 Å². The lowest BCUT2D eigenvalue weighted by atomic mass is 10.0. The SMILES string of the molecule is Cc1ccc(C(=O)C(=Cc2ccc(F)cc2)n2cncn2)cc1. The zero-order chi connectivity index (χ0) is 16.2. The molecule has 0 saturated heterocycles. The van der Waals surface area contributed by atoms with E-state index in [2.05, 4.69) is 10.1 Å². The molecule has 4 nitrogen and oxygen atoms in total. The summed E-state index contributed by atoms with van der Waals surface area (Å²) in [6.45, 7) is 1.96. The molecule has 1 heterocycles. The van der Waals surface area contributed by atoms with Crippen LogP contribution in [0, 0.1) is 12.7 Å². The molecule has 2 aromatic carbocycles. The number of halogens is 1. The third-order valence-electron chi connectivity index (χ3n) is 3.39. The van der Waals surface area contributed by atoms with Crippen molar-refractivity contribution in [2.75, 3.05) is 0 Å². The van der Waals surface area contributed by atoms with E-state index >= 15 is 0 Å². The second-order valence-electron chi connectivity index (χ2n) is 5.12. The molecule has 114 valence electrons. The Kier molecular flexibility index (Phi) is 4.10. The van der Waals surface area contributed by atoms with Gasteiger partial charge in [0.15, 0.2) is 0 Å². The van der Waals surface area contributed by atoms with E-state index in [0.717, 1.165) is 5.56 Å². The number of hydrogen-bond donors (Lipinski definition) is 0. The fourth-order valence-corrected chi connectivity index (χ4v) is 2.14. The molecule has 0 atom stereocenters. The third kappa shape index (κ3) is 3.40. The van der Waals surface area contributed by atoms with Gasteiger partial charge >= 0.3 is 0 Å². The largest absolute Gasteiger partial charge is 0.287 e. The Balaban J connectivity index is 2.04. The van der Waals surface area contributed by atoms with Crippen molar-refractivity contribution in [3.63, 3.8) is 0 Å². The highest BCUT2D eigenvalue weighted by molar-refractivity contribution is 6.27. The molecular formula is C18H14FN3O. The zero-order valence-corrected chi connectivity index (χ0v) is 12.5. The average molecular weight is 307 g/mol. The van der Waals surface area contributed by atoms with Crippen LogP contribution in [0.25, 0.3) is 11.8 Å². The molecule has 0 radical (unpaired) electrons. The van der Waals surface area contributed by atoms with E-state index in [1.807, 2.05) is 19.1 Å². The summed E-state index contributed by atoms with van der Waals surface area (Å²) in [5, 5.41) is 4.04. The minimum atomic E-state index is -0.325. The number of rotatable bonds is 4. The Morgan fingerprint density at radius 2 is 1.78 bits per heavy atom. The molecule has 0 bridgehead atoms. The van der Waals surface area contributed by atoms with Crippen LogP contribution >= 0.6 is 0 Å². The van der Waals surface area contributed by atoms with Crippen LogP contribution < -0.4 is 0 Å². The van der Waals surface area contributed by atoms with E-state index in [1.54, 1.807) is 30.3 Å². The van der Waals surface area contributed by atoms with Crippen molar-refractivity contribution < 1.29 is 9.18 Å². The molecule has 0 aliphatic heterocycles. The minimum absolute atomic E-state index is 0.181. The van der Waals surface area contributed by atoms with Crippen molar-refractivity contribution >= 4 is 17.6 Å². The predicted octanol–water partition coefficient (Wildman–Crippen LogP) is 3.61. The molecule has 1 aromatic heterocycles. The highest BCUT2D eigenvalue weighted by Gasteiger charge is 2.15. The Bertz CT molecular complexity index is 835. The van der Waals surface area contributed by atoms with E-state index < -0.39 is 0 Å². The van der Waals surface area contributed by atoms with Gasteiger partial charge in [-0.3, -0.25) is 4.79 Å². The minimum Gasteiger partial charge on any atom is -0.287 e. The normalized spacial score (nSPS) is 11.5. The van der Waals surface area contributed by atoms with Crippen LogP contribution in [0.4, 0.5) is 4.39 Å². The molecular weight excluding hydrogens is 293 g/mol. The molecule has 23 heavy (non-hydrogen) atoms. The molecule has 0 saturated carbocycles. The number of carbonyl (C=O) groups is 1. The zero-order valence-electron chi connectivity index (χ0n) is 12.5. The van der Waals surface area contributed by atoms with Crippen molar-refractivity contribution in [3.8, 4) is 0 Å². The van der Waals surface area contributed by atoms with Gasteiger partial charge in [0.25, 0.3) is 0 Å². The van der Waals surface area contributed by atoms with Gasteiger partial charge in [0, 0.05) is 5.56 Å². The van der Waals surface area contributed by atoms with Crippen molar-refractivity contribution in [2.24, 2.45) is 0 Å². The second kappa shape index (κ2) is 6.36. The van der Waals surface area contributed by atoms with Gasteiger partial charge < -0.3 is 0 Å². The maximum absolute atomic E-state index is 13.0.